The van der Waals surface area contributed by atoms with Crippen LogP contribution in [0.5, 0.6) is 0 Å². The molecular weight excluding hydrogens is 244 g/mol. The first-order valence-corrected chi connectivity index (χ1v) is 9.34. The van der Waals surface area contributed by atoms with Crippen molar-refractivity contribution in [1.82, 2.24) is 0 Å². The molecule has 0 bridgehead atoms. The molecule has 121 valence electrons. The van der Waals surface area contributed by atoms with Gasteiger partial charge in [0.05, 0.1) is 0 Å². The molecule has 0 spiro atoms. The minimum Gasteiger partial charge on any atom is -0.396 e. The van der Waals surface area contributed by atoms with Crippen molar-refractivity contribution in [2.24, 2.45) is 0 Å². The molecular formula is C19H39O. The highest BCUT2D eigenvalue weighted by molar-refractivity contribution is 4.63. The number of hydrogen-bond acceptors (Lipinski definition) is 1. The molecule has 0 amide bonds. The van der Waals surface area contributed by atoms with Gasteiger partial charge in [-0.15, -0.1) is 0 Å². The summed E-state index contributed by atoms with van der Waals surface area (Å²) < 4.78 is 0. The molecule has 0 aliphatic rings. The summed E-state index contributed by atoms with van der Waals surface area (Å²) in [5.41, 5.74) is 0. The zero-order valence-corrected chi connectivity index (χ0v) is 14.0. The van der Waals surface area contributed by atoms with E-state index in [2.05, 4.69) is 13.3 Å². The highest BCUT2D eigenvalue weighted by atomic mass is 16.2. The average Bonchev–Trinajstić information content (AvgIpc) is 2.47. The second-order valence-corrected chi connectivity index (χ2v) is 6.19. The van der Waals surface area contributed by atoms with Crippen LogP contribution in [0, 0.1) is 6.42 Å². The minimum atomic E-state index is 0.318. The molecule has 0 aromatic rings. The first-order valence-electron chi connectivity index (χ1n) is 9.34. The van der Waals surface area contributed by atoms with Crippen molar-refractivity contribution < 1.29 is 5.11 Å². The SMILES string of the molecule is CCCCCCCCCCCCCCCC[CH]CCO. The van der Waals surface area contributed by atoms with Gasteiger partial charge in [-0.3, -0.25) is 0 Å². The van der Waals surface area contributed by atoms with Crippen LogP contribution in [0.25, 0.3) is 0 Å². The van der Waals surface area contributed by atoms with E-state index in [1.807, 2.05) is 0 Å². The molecule has 0 aromatic heterocycles. The molecule has 1 heteroatoms. The highest BCUT2D eigenvalue weighted by Gasteiger charge is 1.94. The summed E-state index contributed by atoms with van der Waals surface area (Å²) in [4.78, 5) is 0. The van der Waals surface area contributed by atoms with Crippen molar-refractivity contribution >= 4 is 0 Å². The maximum Gasteiger partial charge on any atom is 0.0433 e. The molecule has 1 nitrogen and oxygen atoms in total. The van der Waals surface area contributed by atoms with Crippen LogP contribution in [0.1, 0.15) is 110 Å². The monoisotopic (exact) mass is 283 g/mol. The van der Waals surface area contributed by atoms with Crippen LogP contribution in [-0.4, -0.2) is 11.7 Å². The van der Waals surface area contributed by atoms with Crippen molar-refractivity contribution in [2.75, 3.05) is 6.61 Å². The van der Waals surface area contributed by atoms with Gasteiger partial charge in [0.2, 0.25) is 0 Å². The lowest BCUT2D eigenvalue weighted by Gasteiger charge is -2.03. The average molecular weight is 284 g/mol. The Labute approximate surface area is 128 Å². The van der Waals surface area contributed by atoms with Gasteiger partial charge in [-0.25, -0.2) is 0 Å². The smallest absolute Gasteiger partial charge is 0.0433 e. The largest absolute Gasteiger partial charge is 0.396 e. The van der Waals surface area contributed by atoms with Crippen molar-refractivity contribution in [1.29, 1.82) is 0 Å². The second-order valence-electron chi connectivity index (χ2n) is 6.19. The van der Waals surface area contributed by atoms with Crippen LogP contribution in [-0.2, 0) is 0 Å². The third-order valence-corrected chi connectivity index (χ3v) is 4.10. The minimum absolute atomic E-state index is 0.318. The van der Waals surface area contributed by atoms with E-state index in [9.17, 15) is 0 Å². The molecule has 0 saturated heterocycles. The Bertz CT molecular complexity index is 138. The maximum absolute atomic E-state index is 8.65. The lowest BCUT2D eigenvalue weighted by atomic mass is 10.0. The van der Waals surface area contributed by atoms with Gasteiger partial charge in [0.15, 0.2) is 0 Å². The van der Waals surface area contributed by atoms with Gasteiger partial charge >= 0.3 is 0 Å². The molecule has 0 atom stereocenters. The van der Waals surface area contributed by atoms with Crippen LogP contribution in [0.2, 0.25) is 0 Å². The van der Waals surface area contributed by atoms with E-state index in [4.69, 9.17) is 5.11 Å². The molecule has 0 aliphatic carbocycles. The third kappa shape index (κ3) is 18.0. The lowest BCUT2D eigenvalue weighted by Crippen LogP contribution is -1.85. The Morgan fingerprint density at radius 3 is 1.35 bits per heavy atom. The van der Waals surface area contributed by atoms with E-state index in [1.54, 1.807) is 0 Å². The molecule has 0 rings (SSSR count). The quantitative estimate of drug-likeness (QED) is 0.304. The van der Waals surface area contributed by atoms with Gasteiger partial charge < -0.3 is 5.11 Å². The first-order chi connectivity index (χ1) is 9.91. The summed E-state index contributed by atoms with van der Waals surface area (Å²) in [6.45, 7) is 2.60. The number of aliphatic hydroxyl groups excluding tert-OH is 1. The Hall–Kier alpha value is -0.0400. The number of hydrogen-bond donors (Lipinski definition) is 1. The van der Waals surface area contributed by atoms with Crippen molar-refractivity contribution in [3.05, 3.63) is 6.42 Å². The Morgan fingerprint density at radius 2 is 0.950 bits per heavy atom. The summed E-state index contributed by atoms with van der Waals surface area (Å²) in [5, 5.41) is 8.65. The predicted molar refractivity (Wildman–Crippen MR) is 90.9 cm³/mol. The van der Waals surface area contributed by atoms with Gasteiger partial charge in [0, 0.05) is 6.61 Å². The van der Waals surface area contributed by atoms with E-state index in [0.717, 1.165) is 6.42 Å². The second kappa shape index (κ2) is 19.0. The molecule has 0 aromatic carbocycles. The van der Waals surface area contributed by atoms with Crippen molar-refractivity contribution in [3.8, 4) is 0 Å². The standard InChI is InChI=1S/C19H39O/c1-2-3-4-5-6-7-8-9-10-11-12-13-14-15-16-17-18-19-20/h17,20H,2-16,18-19H2,1H3. The zero-order valence-electron chi connectivity index (χ0n) is 14.0. The number of rotatable bonds is 17. The van der Waals surface area contributed by atoms with Crippen LogP contribution < -0.4 is 0 Å². The van der Waals surface area contributed by atoms with Gasteiger partial charge in [-0.2, -0.15) is 0 Å². The summed E-state index contributed by atoms with van der Waals surface area (Å²) in [7, 11) is 0. The van der Waals surface area contributed by atoms with Crippen LogP contribution in [0.3, 0.4) is 0 Å². The van der Waals surface area contributed by atoms with E-state index in [1.165, 1.54) is 96.3 Å². The summed E-state index contributed by atoms with van der Waals surface area (Å²) in [6.07, 6.45) is 24.2. The topological polar surface area (TPSA) is 20.2 Å². The normalized spacial score (nSPS) is 11.1. The van der Waals surface area contributed by atoms with Crippen LogP contribution in [0.15, 0.2) is 0 Å². The molecule has 0 heterocycles. The summed E-state index contributed by atoms with van der Waals surface area (Å²) >= 11 is 0. The van der Waals surface area contributed by atoms with E-state index in [0.29, 0.717) is 6.61 Å². The van der Waals surface area contributed by atoms with E-state index < -0.39 is 0 Å². The molecule has 0 unspecified atom stereocenters. The summed E-state index contributed by atoms with van der Waals surface area (Å²) in [6, 6.07) is 0. The molecule has 20 heavy (non-hydrogen) atoms. The summed E-state index contributed by atoms with van der Waals surface area (Å²) in [5.74, 6) is 0. The predicted octanol–water partition coefficient (Wildman–Crippen LogP) is 6.44. The van der Waals surface area contributed by atoms with Crippen LogP contribution in [0.4, 0.5) is 0 Å². The van der Waals surface area contributed by atoms with Crippen molar-refractivity contribution in [3.63, 3.8) is 0 Å². The number of aliphatic hydroxyl groups is 1. The molecule has 0 saturated carbocycles. The van der Waals surface area contributed by atoms with Gasteiger partial charge in [0.25, 0.3) is 0 Å². The van der Waals surface area contributed by atoms with Gasteiger partial charge in [-0.05, 0) is 12.8 Å². The molecule has 0 aliphatic heterocycles. The number of unbranched alkanes of at least 4 members (excludes halogenated alkanes) is 16. The Morgan fingerprint density at radius 1 is 0.550 bits per heavy atom. The van der Waals surface area contributed by atoms with E-state index in [-0.39, 0.29) is 0 Å². The maximum atomic E-state index is 8.65. The molecule has 1 radical (unpaired) electrons. The van der Waals surface area contributed by atoms with Gasteiger partial charge in [0.1, 0.15) is 0 Å². The van der Waals surface area contributed by atoms with E-state index >= 15 is 0 Å². The zero-order chi connectivity index (χ0) is 14.7. The fourth-order valence-electron chi connectivity index (χ4n) is 2.72. The molecule has 1 N–H and O–H groups in total. The third-order valence-electron chi connectivity index (χ3n) is 4.10. The Kier molecular flexibility index (Phi) is 18.9. The van der Waals surface area contributed by atoms with Gasteiger partial charge in [-0.1, -0.05) is 103 Å². The van der Waals surface area contributed by atoms with Crippen LogP contribution >= 0.6 is 0 Å². The fraction of sp³-hybridized carbons (Fsp3) is 0.947. The first kappa shape index (κ1) is 20.0. The lowest BCUT2D eigenvalue weighted by molar-refractivity contribution is 0.296. The Balaban J connectivity index is 2.89. The fourth-order valence-corrected chi connectivity index (χ4v) is 2.72. The van der Waals surface area contributed by atoms with Crippen molar-refractivity contribution in [2.45, 2.75) is 110 Å². The highest BCUT2D eigenvalue weighted by Crippen LogP contribution is 2.13. The molecule has 0 fully saturated rings.